The van der Waals surface area contributed by atoms with Crippen LogP contribution in [-0.2, 0) is 23.5 Å². The van der Waals surface area contributed by atoms with Gasteiger partial charge in [0.05, 0.1) is 23.3 Å². The maximum absolute atomic E-state index is 13.9. The van der Waals surface area contributed by atoms with Crippen LogP contribution in [-0.4, -0.2) is 54.3 Å². The Kier molecular flexibility index (Phi) is 11.8. The second kappa shape index (κ2) is 14.5. The van der Waals surface area contributed by atoms with Gasteiger partial charge in [0, 0.05) is 26.2 Å². The summed E-state index contributed by atoms with van der Waals surface area (Å²) in [4.78, 5) is 17.2. The average molecular weight is 640 g/mol. The van der Waals surface area contributed by atoms with E-state index in [0.29, 0.717) is 37.1 Å². The maximum Gasteiger partial charge on any atom is 0.416 e. The molecule has 2 saturated heterocycles. The summed E-state index contributed by atoms with van der Waals surface area (Å²) in [5.41, 5.74) is -1.58. The number of likely N-dealkylation sites (tertiary alicyclic amines) is 2. The van der Waals surface area contributed by atoms with Gasteiger partial charge in [0.25, 0.3) is 0 Å². The van der Waals surface area contributed by atoms with Gasteiger partial charge in [-0.05, 0) is 93.0 Å². The number of nitrogens with one attached hydrogen (secondary N) is 1. The number of nitrogens with zero attached hydrogens (tertiary/aromatic N) is 2. The van der Waals surface area contributed by atoms with Crippen molar-refractivity contribution in [2.45, 2.75) is 83.1 Å². The van der Waals surface area contributed by atoms with Gasteiger partial charge in [0.2, 0.25) is 0 Å². The van der Waals surface area contributed by atoms with Gasteiger partial charge in [-0.15, -0.1) is 12.4 Å². The van der Waals surface area contributed by atoms with Crippen molar-refractivity contribution in [3.63, 3.8) is 0 Å². The molecule has 1 N–H and O–H groups in total. The molecule has 0 bridgehead atoms. The summed E-state index contributed by atoms with van der Waals surface area (Å²) in [5.74, 6) is -0.408. The molecule has 3 unspecified atom stereocenters. The van der Waals surface area contributed by atoms with Crippen molar-refractivity contribution in [3.05, 3.63) is 70.0 Å². The van der Waals surface area contributed by atoms with Gasteiger partial charge in [-0.2, -0.15) is 26.3 Å². The van der Waals surface area contributed by atoms with E-state index in [9.17, 15) is 35.5 Å². The number of urea groups is 1. The number of halogens is 8. The highest BCUT2D eigenvalue weighted by atomic mass is 35.5. The predicted octanol–water partition coefficient (Wildman–Crippen LogP) is 7.90. The van der Waals surface area contributed by atoms with Crippen LogP contribution in [0.4, 0.5) is 35.5 Å². The fourth-order valence-corrected chi connectivity index (χ4v) is 5.83. The van der Waals surface area contributed by atoms with Gasteiger partial charge in [0.15, 0.2) is 0 Å². The molecule has 3 atom stereocenters. The molecule has 0 aromatic heterocycles. The van der Waals surface area contributed by atoms with E-state index in [2.05, 4.69) is 10.2 Å². The molecule has 2 heterocycles. The average Bonchev–Trinajstić information content (AvgIpc) is 2.92. The Balaban J connectivity index is 0.00000506. The van der Waals surface area contributed by atoms with Gasteiger partial charge in [0.1, 0.15) is 12.0 Å². The van der Waals surface area contributed by atoms with E-state index in [1.807, 2.05) is 6.92 Å². The van der Waals surface area contributed by atoms with Crippen molar-refractivity contribution in [2.24, 2.45) is 0 Å². The maximum atomic E-state index is 13.9. The van der Waals surface area contributed by atoms with Crippen LogP contribution < -0.4 is 5.32 Å². The lowest BCUT2D eigenvalue weighted by molar-refractivity contribution is -0.143. The first-order chi connectivity index (χ1) is 19.7. The first-order valence-electron chi connectivity index (χ1n) is 14.2. The lowest BCUT2D eigenvalue weighted by Crippen LogP contribution is -2.49. The topological polar surface area (TPSA) is 44.8 Å². The first-order valence-corrected chi connectivity index (χ1v) is 14.2. The van der Waals surface area contributed by atoms with Gasteiger partial charge in [-0.1, -0.05) is 12.5 Å². The summed E-state index contributed by atoms with van der Waals surface area (Å²) in [6.45, 7) is 5.82. The minimum absolute atomic E-state index is 0. The highest BCUT2D eigenvalue weighted by Gasteiger charge is 2.38. The van der Waals surface area contributed by atoms with Crippen molar-refractivity contribution < 1.29 is 40.3 Å². The zero-order chi connectivity index (χ0) is 30.7. The summed E-state index contributed by atoms with van der Waals surface area (Å²) >= 11 is 0. The number of ether oxygens (including phenoxy) is 1. The van der Waals surface area contributed by atoms with Gasteiger partial charge in [-0.25, -0.2) is 9.18 Å². The van der Waals surface area contributed by atoms with Crippen LogP contribution in [0.2, 0.25) is 0 Å². The number of carbonyl (C=O) groups excluding carboxylic acids is 1. The number of hydrogen-bond donors (Lipinski definition) is 1. The molecule has 0 saturated carbocycles. The molecule has 5 nitrogen and oxygen atoms in total. The first kappa shape index (κ1) is 34.9. The Morgan fingerprint density at radius 1 is 0.977 bits per heavy atom. The third-order valence-electron chi connectivity index (χ3n) is 8.04. The number of benzene rings is 2. The van der Waals surface area contributed by atoms with Gasteiger partial charge >= 0.3 is 18.4 Å². The Morgan fingerprint density at radius 2 is 1.60 bits per heavy atom. The van der Waals surface area contributed by atoms with E-state index in [0.717, 1.165) is 31.5 Å². The Hall–Kier alpha value is -2.57. The quantitative estimate of drug-likeness (QED) is 0.313. The second-order valence-electron chi connectivity index (χ2n) is 11.1. The number of piperidine rings is 2. The van der Waals surface area contributed by atoms with E-state index < -0.39 is 41.4 Å². The fourth-order valence-electron chi connectivity index (χ4n) is 5.83. The van der Waals surface area contributed by atoms with E-state index in [4.69, 9.17) is 4.74 Å². The van der Waals surface area contributed by atoms with Crippen LogP contribution >= 0.6 is 12.4 Å². The summed E-state index contributed by atoms with van der Waals surface area (Å²) in [6.07, 6.45) is -5.96. The van der Waals surface area contributed by atoms with Crippen molar-refractivity contribution in [1.29, 1.82) is 0 Å². The van der Waals surface area contributed by atoms with Crippen molar-refractivity contribution in [3.8, 4) is 0 Å². The molecule has 0 spiro atoms. The van der Waals surface area contributed by atoms with Crippen LogP contribution in [0.3, 0.4) is 0 Å². The molecule has 0 aliphatic carbocycles. The molecule has 2 fully saturated rings. The lowest BCUT2D eigenvalue weighted by Gasteiger charge is -2.42. The summed E-state index contributed by atoms with van der Waals surface area (Å²) in [5, 5.41) is 2.66. The van der Waals surface area contributed by atoms with E-state index in [1.165, 1.54) is 18.6 Å². The third-order valence-corrected chi connectivity index (χ3v) is 8.04. The standard InChI is InChI=1S/C30H36F7N3O2.ClH/c1-19-14-24(31)6-7-26(19)27-18-25(42-20(2)39-11-4-3-5-12-39)9-13-40(27)28(41)38-10-8-21-15-22(29(32,33)34)17-23(16-21)30(35,36)37;/h6-7,14-17,20,25,27H,3-5,8-13,18H2,1-2H3,(H,38,41);1H. The second-order valence-corrected chi connectivity index (χ2v) is 11.1. The van der Waals surface area contributed by atoms with Gasteiger partial charge < -0.3 is 15.0 Å². The van der Waals surface area contributed by atoms with Crippen molar-refractivity contribution in [1.82, 2.24) is 15.1 Å². The molecular formula is C30H37ClF7N3O2. The van der Waals surface area contributed by atoms with E-state index >= 15 is 0 Å². The Bertz CT molecular complexity index is 1200. The number of carbonyl (C=O) groups is 1. The van der Waals surface area contributed by atoms with Crippen LogP contribution in [0.1, 0.15) is 72.9 Å². The molecule has 4 rings (SSSR count). The summed E-state index contributed by atoms with van der Waals surface area (Å²) < 4.78 is 99.7. The van der Waals surface area contributed by atoms with E-state index in [-0.39, 0.29) is 49.3 Å². The smallest absolute Gasteiger partial charge is 0.360 e. The summed E-state index contributed by atoms with van der Waals surface area (Å²) in [6, 6.07) is 4.79. The zero-order valence-electron chi connectivity index (χ0n) is 24.0. The molecule has 13 heteroatoms. The number of aryl methyl sites for hydroxylation is 1. The number of rotatable bonds is 7. The molecule has 240 valence electrons. The molecule has 2 aromatic rings. The molecule has 0 radical (unpaired) electrons. The lowest BCUT2D eigenvalue weighted by atomic mass is 9.90. The molecule has 2 aromatic carbocycles. The zero-order valence-corrected chi connectivity index (χ0v) is 24.8. The van der Waals surface area contributed by atoms with Gasteiger partial charge in [-0.3, -0.25) is 4.90 Å². The minimum Gasteiger partial charge on any atom is -0.360 e. The number of hydrogen-bond acceptors (Lipinski definition) is 3. The monoisotopic (exact) mass is 639 g/mol. The van der Waals surface area contributed by atoms with Crippen molar-refractivity contribution >= 4 is 18.4 Å². The predicted molar refractivity (Wildman–Crippen MR) is 150 cm³/mol. The Labute approximate surface area is 253 Å². The Morgan fingerprint density at radius 3 is 2.19 bits per heavy atom. The normalized spacial score (nSPS) is 20.8. The minimum atomic E-state index is -4.95. The number of alkyl halides is 6. The molecule has 2 aliphatic heterocycles. The SMILES string of the molecule is Cc1cc(F)ccc1C1CC(OC(C)N2CCCCC2)CCN1C(=O)NCCc1cc(C(F)(F)F)cc(C(F)(F)F)c1.Cl. The highest BCUT2D eigenvalue weighted by molar-refractivity contribution is 5.85. The van der Waals surface area contributed by atoms with Crippen LogP contribution in [0.15, 0.2) is 36.4 Å². The van der Waals surface area contributed by atoms with Crippen LogP contribution in [0.5, 0.6) is 0 Å². The highest BCUT2D eigenvalue weighted by Crippen LogP contribution is 2.37. The molecule has 2 aliphatic rings. The molecule has 43 heavy (non-hydrogen) atoms. The molecular weight excluding hydrogens is 603 g/mol. The van der Waals surface area contributed by atoms with Crippen molar-refractivity contribution in [2.75, 3.05) is 26.2 Å². The number of amides is 2. The summed E-state index contributed by atoms with van der Waals surface area (Å²) in [7, 11) is 0. The van der Waals surface area contributed by atoms with Crippen LogP contribution in [0, 0.1) is 12.7 Å². The van der Waals surface area contributed by atoms with Crippen LogP contribution in [0.25, 0.3) is 0 Å². The largest absolute Gasteiger partial charge is 0.416 e. The van der Waals surface area contributed by atoms with E-state index in [1.54, 1.807) is 17.9 Å². The molecule has 2 amide bonds. The fraction of sp³-hybridized carbons (Fsp3) is 0.567. The third kappa shape index (κ3) is 9.21.